The van der Waals surface area contributed by atoms with Crippen molar-refractivity contribution in [3.05, 3.63) is 26.7 Å². The molecule has 1 aromatic carbocycles. The van der Waals surface area contributed by atoms with Gasteiger partial charge in [0.25, 0.3) is 0 Å². The molecule has 1 aromatic rings. The third kappa shape index (κ3) is 2.15. The number of aliphatic imine (C=N–C) groups is 1. The minimum atomic E-state index is 0.478. The fraction of sp³-hybridized carbons (Fsp3) is 0.588. The van der Waals surface area contributed by atoms with Crippen molar-refractivity contribution in [3.8, 4) is 0 Å². The Bertz CT molecular complexity index is 632. The number of hydrogen-bond acceptors (Lipinski definition) is 2. The first-order chi connectivity index (χ1) is 10.1. The van der Waals surface area contributed by atoms with Crippen molar-refractivity contribution in [3.63, 3.8) is 0 Å². The summed E-state index contributed by atoms with van der Waals surface area (Å²) in [5.74, 6) is 1.83. The maximum absolute atomic E-state index is 4.98. The minimum Gasteiger partial charge on any atom is -0.343 e. The molecule has 1 saturated heterocycles. The SMILES string of the molecule is Cc1c(Br)c(C)c2c3c1CCCC(C3)C(=NC1CNC1)N2. The Kier molecular flexibility index (Phi) is 3.34. The summed E-state index contributed by atoms with van der Waals surface area (Å²) in [7, 11) is 0. The second kappa shape index (κ2) is 5.10. The zero-order valence-corrected chi connectivity index (χ0v) is 14.3. The number of benzene rings is 1. The fourth-order valence-corrected chi connectivity index (χ4v) is 4.33. The summed E-state index contributed by atoms with van der Waals surface area (Å²) in [5, 5.41) is 7.02. The van der Waals surface area contributed by atoms with Gasteiger partial charge in [-0.25, -0.2) is 0 Å². The van der Waals surface area contributed by atoms with E-state index in [1.165, 1.54) is 52.8 Å². The van der Waals surface area contributed by atoms with E-state index in [0.29, 0.717) is 12.0 Å². The van der Waals surface area contributed by atoms with Gasteiger partial charge in [0.2, 0.25) is 0 Å². The molecule has 1 unspecified atom stereocenters. The zero-order valence-electron chi connectivity index (χ0n) is 12.7. The third-order valence-electron chi connectivity index (χ3n) is 5.30. The molecule has 2 bridgehead atoms. The van der Waals surface area contributed by atoms with Crippen LogP contribution < -0.4 is 10.6 Å². The zero-order chi connectivity index (χ0) is 14.6. The molecule has 0 spiro atoms. The molecule has 2 aliphatic heterocycles. The van der Waals surface area contributed by atoms with Crippen LogP contribution in [0.15, 0.2) is 9.47 Å². The second-order valence-corrected chi connectivity index (χ2v) is 7.43. The van der Waals surface area contributed by atoms with Gasteiger partial charge in [0, 0.05) is 29.2 Å². The van der Waals surface area contributed by atoms with Crippen LogP contribution in [-0.2, 0) is 12.8 Å². The van der Waals surface area contributed by atoms with Crippen LogP contribution in [0, 0.1) is 19.8 Å². The first-order valence-corrected chi connectivity index (χ1v) is 8.80. The van der Waals surface area contributed by atoms with Gasteiger partial charge in [-0.15, -0.1) is 0 Å². The van der Waals surface area contributed by atoms with Crippen LogP contribution in [0.25, 0.3) is 0 Å². The lowest BCUT2D eigenvalue weighted by Gasteiger charge is -2.32. The van der Waals surface area contributed by atoms with Gasteiger partial charge in [-0.05, 0) is 61.8 Å². The lowest BCUT2D eigenvalue weighted by molar-refractivity contribution is 0.443. The van der Waals surface area contributed by atoms with Crippen molar-refractivity contribution in [1.82, 2.24) is 5.32 Å². The highest BCUT2D eigenvalue weighted by atomic mass is 79.9. The Hall–Kier alpha value is -0.870. The smallest absolute Gasteiger partial charge is 0.105 e. The average molecular weight is 348 g/mol. The summed E-state index contributed by atoms with van der Waals surface area (Å²) in [6.07, 6.45) is 4.92. The van der Waals surface area contributed by atoms with E-state index in [-0.39, 0.29) is 0 Å². The van der Waals surface area contributed by atoms with E-state index in [1.54, 1.807) is 11.1 Å². The van der Waals surface area contributed by atoms with Gasteiger partial charge < -0.3 is 10.6 Å². The Morgan fingerprint density at radius 3 is 2.67 bits per heavy atom. The van der Waals surface area contributed by atoms with E-state index in [2.05, 4.69) is 40.4 Å². The molecule has 1 fully saturated rings. The number of amidine groups is 1. The van der Waals surface area contributed by atoms with Gasteiger partial charge in [0.1, 0.15) is 5.84 Å². The van der Waals surface area contributed by atoms with E-state index in [0.717, 1.165) is 13.1 Å². The summed E-state index contributed by atoms with van der Waals surface area (Å²) in [5.41, 5.74) is 7.23. The van der Waals surface area contributed by atoms with Crippen LogP contribution in [-0.4, -0.2) is 25.0 Å². The van der Waals surface area contributed by atoms with Gasteiger partial charge in [0.05, 0.1) is 6.04 Å². The predicted molar refractivity (Wildman–Crippen MR) is 91.5 cm³/mol. The lowest BCUT2D eigenvalue weighted by Crippen LogP contribution is -2.47. The lowest BCUT2D eigenvalue weighted by atomic mass is 9.87. The second-order valence-electron chi connectivity index (χ2n) is 6.64. The largest absolute Gasteiger partial charge is 0.343 e. The van der Waals surface area contributed by atoms with Crippen molar-refractivity contribution in [2.24, 2.45) is 10.9 Å². The number of fused-ring (bicyclic) bond motifs is 1. The van der Waals surface area contributed by atoms with Crippen LogP contribution in [0.4, 0.5) is 5.69 Å². The summed E-state index contributed by atoms with van der Waals surface area (Å²) in [4.78, 5) is 4.98. The van der Waals surface area contributed by atoms with E-state index in [4.69, 9.17) is 4.99 Å². The summed E-state index contributed by atoms with van der Waals surface area (Å²) >= 11 is 3.80. The number of rotatable bonds is 1. The molecule has 2 N–H and O–H groups in total. The minimum absolute atomic E-state index is 0.478. The first kappa shape index (κ1) is 13.8. The van der Waals surface area contributed by atoms with Gasteiger partial charge in [-0.2, -0.15) is 0 Å². The topological polar surface area (TPSA) is 36.4 Å². The number of hydrogen-bond donors (Lipinski definition) is 2. The van der Waals surface area contributed by atoms with Gasteiger partial charge >= 0.3 is 0 Å². The molecule has 4 rings (SSSR count). The van der Waals surface area contributed by atoms with Crippen molar-refractivity contribution in [2.75, 3.05) is 18.4 Å². The normalized spacial score (nSPS) is 26.2. The first-order valence-electron chi connectivity index (χ1n) is 8.01. The maximum atomic E-state index is 4.98. The summed E-state index contributed by atoms with van der Waals surface area (Å²) < 4.78 is 1.27. The van der Waals surface area contributed by atoms with Crippen LogP contribution >= 0.6 is 15.9 Å². The molecular formula is C17H22BrN3. The van der Waals surface area contributed by atoms with Crippen LogP contribution in [0.2, 0.25) is 0 Å². The molecule has 3 aliphatic rings. The Labute approximate surface area is 134 Å². The molecule has 0 aromatic heterocycles. The van der Waals surface area contributed by atoms with Gasteiger partial charge in [-0.3, -0.25) is 4.99 Å². The van der Waals surface area contributed by atoms with Crippen LogP contribution in [0.5, 0.6) is 0 Å². The molecule has 2 heterocycles. The molecule has 112 valence electrons. The molecule has 1 atom stereocenters. The van der Waals surface area contributed by atoms with E-state index in [1.807, 2.05) is 0 Å². The Morgan fingerprint density at radius 2 is 1.95 bits per heavy atom. The number of anilines is 1. The highest BCUT2D eigenvalue weighted by Gasteiger charge is 2.32. The summed E-state index contributed by atoms with van der Waals surface area (Å²) in [6.45, 7) is 6.54. The Balaban J connectivity index is 1.83. The number of halogens is 1. The number of nitrogens with one attached hydrogen (secondary N) is 2. The third-order valence-corrected chi connectivity index (χ3v) is 6.49. The van der Waals surface area contributed by atoms with E-state index in [9.17, 15) is 0 Å². The molecule has 0 radical (unpaired) electrons. The highest BCUT2D eigenvalue weighted by molar-refractivity contribution is 9.10. The van der Waals surface area contributed by atoms with Crippen molar-refractivity contribution >= 4 is 27.5 Å². The standard InChI is InChI=1S/C17H22BrN3/c1-9-13-5-3-4-11-6-14(13)16(10(2)15(9)18)21-17(11)20-12-7-19-8-12/h11-12,19H,3-8H2,1-2H3,(H,20,21). The monoisotopic (exact) mass is 347 g/mol. The maximum Gasteiger partial charge on any atom is 0.105 e. The highest BCUT2D eigenvalue weighted by Crippen LogP contribution is 2.42. The Morgan fingerprint density at radius 1 is 1.14 bits per heavy atom. The fourth-order valence-electron chi connectivity index (χ4n) is 3.90. The quantitative estimate of drug-likeness (QED) is 0.817. The van der Waals surface area contributed by atoms with Crippen molar-refractivity contribution in [1.29, 1.82) is 0 Å². The van der Waals surface area contributed by atoms with E-state index >= 15 is 0 Å². The molecule has 21 heavy (non-hydrogen) atoms. The van der Waals surface area contributed by atoms with Crippen LogP contribution in [0.1, 0.15) is 35.1 Å². The van der Waals surface area contributed by atoms with Crippen molar-refractivity contribution < 1.29 is 0 Å². The van der Waals surface area contributed by atoms with Crippen LogP contribution in [0.3, 0.4) is 0 Å². The average Bonchev–Trinajstić information content (AvgIpc) is 2.63. The number of nitrogens with zero attached hydrogens (tertiary/aromatic N) is 1. The van der Waals surface area contributed by atoms with Gasteiger partial charge in [0.15, 0.2) is 0 Å². The molecule has 0 saturated carbocycles. The molecular weight excluding hydrogens is 326 g/mol. The van der Waals surface area contributed by atoms with Gasteiger partial charge in [-0.1, -0.05) is 15.9 Å². The molecule has 4 heteroatoms. The molecule has 1 aliphatic carbocycles. The molecule has 0 amide bonds. The molecule has 3 nitrogen and oxygen atoms in total. The van der Waals surface area contributed by atoms with E-state index < -0.39 is 0 Å². The van der Waals surface area contributed by atoms with Crippen molar-refractivity contribution in [2.45, 2.75) is 45.6 Å². The predicted octanol–water partition coefficient (Wildman–Crippen LogP) is 3.36. The summed E-state index contributed by atoms with van der Waals surface area (Å²) in [6, 6.07) is 0.478.